The van der Waals surface area contributed by atoms with Crippen molar-refractivity contribution in [2.75, 3.05) is 26.5 Å². The van der Waals surface area contributed by atoms with Crippen LogP contribution in [0.4, 0.5) is 0 Å². The molecule has 1 saturated heterocycles. The molecule has 5 nitrogen and oxygen atoms in total. The highest BCUT2D eigenvalue weighted by Crippen LogP contribution is 2.46. The lowest BCUT2D eigenvalue weighted by molar-refractivity contribution is 0.269. The molecule has 0 amide bonds. The van der Waals surface area contributed by atoms with Crippen molar-refractivity contribution in [2.45, 2.75) is 18.8 Å². The van der Waals surface area contributed by atoms with Gasteiger partial charge in [0, 0.05) is 31.1 Å². The highest BCUT2D eigenvalue weighted by molar-refractivity contribution is 7.99. The van der Waals surface area contributed by atoms with E-state index in [1.807, 2.05) is 61.2 Å². The topological polar surface area (TPSA) is 43.8 Å². The van der Waals surface area contributed by atoms with Crippen molar-refractivity contribution in [3.63, 3.8) is 0 Å². The van der Waals surface area contributed by atoms with Gasteiger partial charge in [0.25, 0.3) is 0 Å². The summed E-state index contributed by atoms with van der Waals surface area (Å²) in [5.41, 5.74) is 3.47. The molecule has 4 rings (SSSR count). The minimum atomic E-state index is 0.198. The van der Waals surface area contributed by atoms with Crippen LogP contribution >= 0.6 is 11.8 Å². The molecule has 0 bridgehead atoms. The van der Waals surface area contributed by atoms with Gasteiger partial charge in [-0.2, -0.15) is 0 Å². The maximum absolute atomic E-state index is 5.87. The summed E-state index contributed by atoms with van der Waals surface area (Å²) in [5.74, 6) is 4.21. The number of aromatic nitrogens is 1. The van der Waals surface area contributed by atoms with Crippen molar-refractivity contribution >= 4 is 11.8 Å². The van der Waals surface area contributed by atoms with Gasteiger partial charge < -0.3 is 14.2 Å². The van der Waals surface area contributed by atoms with Crippen LogP contribution in [-0.4, -0.2) is 36.4 Å². The average molecular weight is 423 g/mol. The smallest absolute Gasteiger partial charge is 0.219 e. The third-order valence-electron chi connectivity index (χ3n) is 5.12. The van der Waals surface area contributed by atoms with Crippen molar-refractivity contribution in [3.8, 4) is 23.1 Å². The first-order valence-electron chi connectivity index (χ1n) is 9.94. The number of hydrogen-bond acceptors (Lipinski definition) is 6. The van der Waals surface area contributed by atoms with E-state index in [4.69, 9.17) is 14.2 Å². The lowest BCUT2D eigenvalue weighted by Crippen LogP contribution is -2.23. The summed E-state index contributed by atoms with van der Waals surface area (Å²) in [7, 11) is 3.42. The number of ether oxygens (including phenoxy) is 3. The molecule has 0 saturated carbocycles. The zero-order chi connectivity index (χ0) is 20.9. The molecular formula is C24H26N2O3S. The maximum atomic E-state index is 5.87. The van der Waals surface area contributed by atoms with E-state index >= 15 is 0 Å². The molecule has 0 N–H and O–H groups in total. The van der Waals surface area contributed by atoms with Crippen LogP contribution in [-0.2, 0) is 6.54 Å². The normalized spacial score (nSPS) is 16.4. The van der Waals surface area contributed by atoms with Crippen LogP contribution < -0.4 is 14.2 Å². The van der Waals surface area contributed by atoms with E-state index in [2.05, 4.69) is 22.0 Å². The van der Waals surface area contributed by atoms with E-state index in [1.54, 1.807) is 20.4 Å². The molecular weight excluding hydrogens is 396 g/mol. The molecule has 0 spiro atoms. The summed E-state index contributed by atoms with van der Waals surface area (Å²) in [6, 6.07) is 18.1. The van der Waals surface area contributed by atoms with Crippen LogP contribution in [0.2, 0.25) is 0 Å². The van der Waals surface area contributed by atoms with Crippen LogP contribution in [0.5, 0.6) is 23.1 Å². The van der Waals surface area contributed by atoms with Gasteiger partial charge in [-0.3, -0.25) is 4.90 Å². The van der Waals surface area contributed by atoms with E-state index in [1.165, 1.54) is 5.56 Å². The monoisotopic (exact) mass is 422 g/mol. The Labute approximate surface area is 182 Å². The Kier molecular flexibility index (Phi) is 6.45. The lowest BCUT2D eigenvalue weighted by atomic mass is 10.1. The molecule has 2 aromatic carbocycles. The largest absolute Gasteiger partial charge is 0.496 e. The average Bonchev–Trinajstić information content (AvgIpc) is 3.22. The summed E-state index contributed by atoms with van der Waals surface area (Å²) in [5, 5.41) is 0.198. The third kappa shape index (κ3) is 4.55. The predicted molar refractivity (Wildman–Crippen MR) is 121 cm³/mol. The quantitative estimate of drug-likeness (QED) is 0.505. The standard InChI is InChI=1S/C24H26N2O3S/c1-17-11-12-25-22(15-17)29-19-9-7-18(8-10-19)16-26-13-14-30-24(26)23-20(27-2)5-4-6-21(23)28-3/h4-12,15,24H,13-14,16H2,1-3H3. The Morgan fingerprint density at radius 1 is 1.03 bits per heavy atom. The van der Waals surface area contributed by atoms with Crippen LogP contribution in [0.25, 0.3) is 0 Å². The number of rotatable bonds is 7. The van der Waals surface area contributed by atoms with Crippen molar-refractivity contribution in [1.29, 1.82) is 0 Å². The van der Waals surface area contributed by atoms with Crippen molar-refractivity contribution in [1.82, 2.24) is 9.88 Å². The molecule has 6 heteroatoms. The molecule has 1 atom stereocenters. The molecule has 3 aromatic rings. The fourth-order valence-corrected chi connectivity index (χ4v) is 4.99. The summed E-state index contributed by atoms with van der Waals surface area (Å²) in [6.07, 6.45) is 1.76. The highest BCUT2D eigenvalue weighted by Gasteiger charge is 2.31. The number of benzene rings is 2. The molecule has 1 aromatic heterocycles. The number of thioether (sulfide) groups is 1. The second kappa shape index (κ2) is 9.41. The Morgan fingerprint density at radius 2 is 1.77 bits per heavy atom. The van der Waals surface area contributed by atoms with Gasteiger partial charge in [-0.1, -0.05) is 18.2 Å². The Morgan fingerprint density at radius 3 is 2.43 bits per heavy atom. The van der Waals surface area contributed by atoms with E-state index < -0.39 is 0 Å². The van der Waals surface area contributed by atoms with Gasteiger partial charge in [0.15, 0.2) is 0 Å². The molecule has 1 aliphatic rings. The number of pyridine rings is 1. The van der Waals surface area contributed by atoms with Crippen molar-refractivity contribution in [2.24, 2.45) is 0 Å². The summed E-state index contributed by atoms with van der Waals surface area (Å²) in [4.78, 5) is 6.72. The van der Waals surface area contributed by atoms with Gasteiger partial charge in [0.05, 0.1) is 25.2 Å². The minimum absolute atomic E-state index is 0.198. The SMILES string of the molecule is COc1cccc(OC)c1C1SCCN1Cc1ccc(Oc2cc(C)ccn2)cc1. The lowest BCUT2D eigenvalue weighted by Gasteiger charge is -2.26. The Hall–Kier alpha value is -2.70. The van der Waals surface area contributed by atoms with Gasteiger partial charge in [0.1, 0.15) is 17.2 Å². The maximum Gasteiger partial charge on any atom is 0.219 e. The second-order valence-corrected chi connectivity index (χ2v) is 8.38. The summed E-state index contributed by atoms with van der Waals surface area (Å²) < 4.78 is 17.1. The van der Waals surface area contributed by atoms with E-state index in [-0.39, 0.29) is 5.37 Å². The first-order valence-corrected chi connectivity index (χ1v) is 11.0. The highest BCUT2D eigenvalue weighted by atomic mass is 32.2. The number of aryl methyl sites for hydroxylation is 1. The molecule has 1 aliphatic heterocycles. The fraction of sp³-hybridized carbons (Fsp3) is 0.292. The van der Waals surface area contributed by atoms with Crippen molar-refractivity contribution in [3.05, 3.63) is 77.5 Å². The predicted octanol–water partition coefficient (Wildman–Crippen LogP) is 5.45. The number of methoxy groups -OCH3 is 2. The van der Waals surface area contributed by atoms with Gasteiger partial charge in [-0.25, -0.2) is 4.98 Å². The van der Waals surface area contributed by atoms with Gasteiger partial charge >= 0.3 is 0 Å². The zero-order valence-corrected chi connectivity index (χ0v) is 18.3. The molecule has 1 fully saturated rings. The molecule has 0 radical (unpaired) electrons. The zero-order valence-electron chi connectivity index (χ0n) is 17.5. The van der Waals surface area contributed by atoms with Crippen LogP contribution in [0, 0.1) is 6.92 Å². The molecule has 1 unspecified atom stereocenters. The van der Waals surface area contributed by atoms with E-state index in [9.17, 15) is 0 Å². The molecule has 30 heavy (non-hydrogen) atoms. The van der Waals surface area contributed by atoms with Gasteiger partial charge in [-0.15, -0.1) is 11.8 Å². The van der Waals surface area contributed by atoms with E-state index in [0.717, 1.165) is 47.2 Å². The Balaban J connectivity index is 1.49. The van der Waals surface area contributed by atoms with Crippen molar-refractivity contribution < 1.29 is 14.2 Å². The van der Waals surface area contributed by atoms with E-state index in [0.29, 0.717) is 5.88 Å². The summed E-state index contributed by atoms with van der Waals surface area (Å²) in [6.45, 7) is 3.89. The number of nitrogens with zero attached hydrogens (tertiary/aromatic N) is 2. The Bertz CT molecular complexity index is 972. The third-order valence-corrected chi connectivity index (χ3v) is 6.39. The van der Waals surface area contributed by atoms with Crippen LogP contribution in [0.1, 0.15) is 22.1 Å². The first kappa shape index (κ1) is 20.6. The van der Waals surface area contributed by atoms with Crippen LogP contribution in [0.3, 0.4) is 0 Å². The minimum Gasteiger partial charge on any atom is -0.496 e. The van der Waals surface area contributed by atoms with Gasteiger partial charge in [0.2, 0.25) is 5.88 Å². The first-order chi connectivity index (χ1) is 14.7. The number of hydrogen-bond donors (Lipinski definition) is 0. The van der Waals surface area contributed by atoms with Gasteiger partial charge in [-0.05, 0) is 48.4 Å². The molecule has 2 heterocycles. The molecule has 156 valence electrons. The second-order valence-electron chi connectivity index (χ2n) is 7.19. The molecule has 0 aliphatic carbocycles. The fourth-order valence-electron chi connectivity index (χ4n) is 3.64. The van der Waals surface area contributed by atoms with Crippen LogP contribution in [0.15, 0.2) is 60.8 Å². The summed E-state index contributed by atoms with van der Waals surface area (Å²) >= 11 is 1.92.